The standard InChI is InChI=1S/C14H9Br3O/c1-8-6-13(17)10(7-12(8)16)14(18)9-4-2-3-5-11(9)15/h2-7H,1H3. The first kappa shape index (κ1) is 14.0. The van der Waals surface area contributed by atoms with Crippen LogP contribution < -0.4 is 0 Å². The van der Waals surface area contributed by atoms with Crippen molar-refractivity contribution in [1.29, 1.82) is 0 Å². The van der Waals surface area contributed by atoms with Gasteiger partial charge in [-0.25, -0.2) is 0 Å². The Labute approximate surface area is 131 Å². The molecule has 1 nitrogen and oxygen atoms in total. The van der Waals surface area contributed by atoms with Crippen molar-refractivity contribution in [3.05, 3.63) is 66.5 Å². The molecule has 2 rings (SSSR count). The summed E-state index contributed by atoms with van der Waals surface area (Å²) in [5.41, 5.74) is 2.40. The van der Waals surface area contributed by atoms with Gasteiger partial charge in [0.25, 0.3) is 0 Å². The molecule has 0 unspecified atom stereocenters. The number of carbonyl (C=O) groups excluding carboxylic acids is 1. The molecule has 0 fully saturated rings. The van der Waals surface area contributed by atoms with E-state index in [-0.39, 0.29) is 5.78 Å². The summed E-state index contributed by atoms with van der Waals surface area (Å²) in [7, 11) is 0. The lowest BCUT2D eigenvalue weighted by Crippen LogP contribution is -2.03. The molecule has 0 atom stereocenters. The molecule has 0 bridgehead atoms. The van der Waals surface area contributed by atoms with Crippen LogP contribution in [-0.4, -0.2) is 5.78 Å². The molecule has 0 aliphatic rings. The molecule has 0 amide bonds. The first-order valence-electron chi connectivity index (χ1n) is 5.25. The molecule has 0 aromatic heterocycles. The van der Waals surface area contributed by atoms with E-state index in [1.165, 1.54) is 0 Å². The van der Waals surface area contributed by atoms with Crippen LogP contribution in [0.4, 0.5) is 0 Å². The first-order valence-corrected chi connectivity index (χ1v) is 7.63. The summed E-state index contributed by atoms with van der Waals surface area (Å²) in [6.07, 6.45) is 0. The molecule has 2 aromatic rings. The molecular formula is C14H9Br3O. The Kier molecular flexibility index (Phi) is 4.41. The fraction of sp³-hybridized carbons (Fsp3) is 0.0714. The summed E-state index contributed by atoms with van der Waals surface area (Å²) < 4.78 is 2.55. The van der Waals surface area contributed by atoms with Crippen molar-refractivity contribution in [2.75, 3.05) is 0 Å². The van der Waals surface area contributed by atoms with E-state index in [4.69, 9.17) is 0 Å². The second-order valence-corrected chi connectivity index (χ2v) is 6.45. The fourth-order valence-electron chi connectivity index (χ4n) is 1.61. The molecular weight excluding hydrogens is 424 g/mol. The Morgan fingerprint density at radius 3 is 2.22 bits per heavy atom. The number of hydrogen-bond acceptors (Lipinski definition) is 1. The Balaban J connectivity index is 2.53. The zero-order valence-corrected chi connectivity index (χ0v) is 14.3. The van der Waals surface area contributed by atoms with E-state index in [1.807, 2.05) is 43.3 Å². The Morgan fingerprint density at radius 1 is 0.889 bits per heavy atom. The van der Waals surface area contributed by atoms with Crippen LogP contribution in [0.25, 0.3) is 0 Å². The number of halogens is 3. The molecule has 0 saturated heterocycles. The third-order valence-corrected chi connectivity index (χ3v) is 4.81. The number of aryl methyl sites for hydroxylation is 1. The van der Waals surface area contributed by atoms with Gasteiger partial charge in [-0.2, -0.15) is 0 Å². The van der Waals surface area contributed by atoms with E-state index < -0.39 is 0 Å². The van der Waals surface area contributed by atoms with Crippen molar-refractivity contribution < 1.29 is 4.79 Å². The summed E-state index contributed by atoms with van der Waals surface area (Å²) in [5.74, 6) is -0.00458. The van der Waals surface area contributed by atoms with Crippen LogP contribution in [0.1, 0.15) is 21.5 Å². The van der Waals surface area contributed by atoms with Gasteiger partial charge >= 0.3 is 0 Å². The monoisotopic (exact) mass is 430 g/mol. The average molecular weight is 433 g/mol. The number of hydrogen-bond donors (Lipinski definition) is 0. The van der Waals surface area contributed by atoms with Gasteiger partial charge in [0.1, 0.15) is 0 Å². The number of carbonyl (C=O) groups is 1. The quantitative estimate of drug-likeness (QED) is 0.571. The highest BCUT2D eigenvalue weighted by molar-refractivity contribution is 9.11. The van der Waals surface area contributed by atoms with Gasteiger partial charge in [-0.3, -0.25) is 4.79 Å². The van der Waals surface area contributed by atoms with E-state index in [0.717, 1.165) is 19.0 Å². The second kappa shape index (κ2) is 5.68. The summed E-state index contributed by atoms with van der Waals surface area (Å²) in [4.78, 5) is 12.5. The number of benzene rings is 2. The van der Waals surface area contributed by atoms with E-state index in [2.05, 4.69) is 47.8 Å². The fourth-order valence-corrected chi connectivity index (χ4v) is 3.06. The van der Waals surface area contributed by atoms with Gasteiger partial charge < -0.3 is 0 Å². The molecule has 0 aliphatic carbocycles. The van der Waals surface area contributed by atoms with Crippen molar-refractivity contribution in [1.82, 2.24) is 0 Å². The SMILES string of the molecule is Cc1cc(Br)c(C(=O)c2ccccc2Br)cc1Br. The highest BCUT2D eigenvalue weighted by atomic mass is 79.9. The summed E-state index contributed by atoms with van der Waals surface area (Å²) >= 11 is 10.3. The van der Waals surface area contributed by atoms with Crippen LogP contribution in [0, 0.1) is 6.92 Å². The zero-order chi connectivity index (χ0) is 13.3. The molecule has 92 valence electrons. The van der Waals surface area contributed by atoms with Gasteiger partial charge in [-0.15, -0.1) is 0 Å². The smallest absolute Gasteiger partial charge is 0.195 e. The topological polar surface area (TPSA) is 17.1 Å². The highest BCUT2D eigenvalue weighted by Gasteiger charge is 2.16. The Morgan fingerprint density at radius 2 is 1.56 bits per heavy atom. The third kappa shape index (κ3) is 2.76. The van der Waals surface area contributed by atoms with Crippen molar-refractivity contribution in [3.8, 4) is 0 Å². The minimum Gasteiger partial charge on any atom is -0.289 e. The summed E-state index contributed by atoms with van der Waals surface area (Å²) in [6, 6.07) is 11.2. The van der Waals surface area contributed by atoms with Crippen LogP contribution in [0.3, 0.4) is 0 Å². The van der Waals surface area contributed by atoms with E-state index in [0.29, 0.717) is 11.1 Å². The second-order valence-electron chi connectivity index (χ2n) is 3.89. The normalized spacial score (nSPS) is 10.4. The Bertz CT molecular complexity index is 620. The van der Waals surface area contributed by atoms with Gasteiger partial charge in [0.2, 0.25) is 0 Å². The van der Waals surface area contributed by atoms with E-state index in [1.54, 1.807) is 0 Å². The molecule has 0 heterocycles. The minimum absolute atomic E-state index is 0.00458. The first-order chi connectivity index (χ1) is 8.50. The lowest BCUT2D eigenvalue weighted by atomic mass is 10.0. The molecule has 0 N–H and O–H groups in total. The van der Waals surface area contributed by atoms with Gasteiger partial charge in [-0.1, -0.05) is 59.9 Å². The van der Waals surface area contributed by atoms with Crippen molar-refractivity contribution in [3.63, 3.8) is 0 Å². The maximum absolute atomic E-state index is 12.5. The van der Waals surface area contributed by atoms with Crippen molar-refractivity contribution in [2.45, 2.75) is 6.92 Å². The molecule has 0 spiro atoms. The molecule has 0 saturated carbocycles. The van der Waals surface area contributed by atoms with Crippen molar-refractivity contribution in [2.24, 2.45) is 0 Å². The third-order valence-electron chi connectivity index (χ3n) is 2.61. The van der Waals surface area contributed by atoms with Crippen LogP contribution in [0.5, 0.6) is 0 Å². The minimum atomic E-state index is -0.00458. The lowest BCUT2D eigenvalue weighted by Gasteiger charge is -2.08. The van der Waals surface area contributed by atoms with E-state index in [9.17, 15) is 4.79 Å². The lowest BCUT2D eigenvalue weighted by molar-refractivity contribution is 0.103. The predicted octanol–water partition coefficient (Wildman–Crippen LogP) is 5.51. The largest absolute Gasteiger partial charge is 0.289 e. The molecule has 18 heavy (non-hydrogen) atoms. The van der Waals surface area contributed by atoms with Gasteiger partial charge in [-0.05, 0) is 36.8 Å². The summed E-state index contributed by atoms with van der Waals surface area (Å²) in [6.45, 7) is 1.99. The maximum Gasteiger partial charge on any atom is 0.195 e. The van der Waals surface area contributed by atoms with Crippen LogP contribution in [0.15, 0.2) is 49.8 Å². The van der Waals surface area contributed by atoms with Crippen LogP contribution in [-0.2, 0) is 0 Å². The predicted molar refractivity (Wildman–Crippen MR) is 84.2 cm³/mol. The van der Waals surface area contributed by atoms with Crippen LogP contribution in [0.2, 0.25) is 0 Å². The Hall–Kier alpha value is -0.450. The van der Waals surface area contributed by atoms with Gasteiger partial charge in [0.15, 0.2) is 5.78 Å². The highest BCUT2D eigenvalue weighted by Crippen LogP contribution is 2.29. The molecule has 0 aliphatic heterocycles. The molecule has 2 aromatic carbocycles. The zero-order valence-electron chi connectivity index (χ0n) is 9.51. The van der Waals surface area contributed by atoms with Crippen molar-refractivity contribution >= 4 is 53.6 Å². The molecule has 4 heteroatoms. The van der Waals surface area contributed by atoms with Crippen LogP contribution >= 0.6 is 47.8 Å². The van der Waals surface area contributed by atoms with E-state index >= 15 is 0 Å². The number of ketones is 1. The van der Waals surface area contributed by atoms with Gasteiger partial charge in [0.05, 0.1) is 0 Å². The summed E-state index contributed by atoms with van der Waals surface area (Å²) in [5, 5.41) is 0. The average Bonchev–Trinajstić information content (AvgIpc) is 2.33. The number of rotatable bonds is 2. The molecule has 0 radical (unpaired) electrons. The van der Waals surface area contributed by atoms with Gasteiger partial charge in [0, 0.05) is 24.5 Å². The maximum atomic E-state index is 12.5.